The lowest BCUT2D eigenvalue weighted by molar-refractivity contribution is -0.132. The van der Waals surface area contributed by atoms with Crippen molar-refractivity contribution >= 4 is 27.5 Å². The van der Waals surface area contributed by atoms with Crippen molar-refractivity contribution in [2.45, 2.75) is 50.9 Å². The lowest BCUT2D eigenvalue weighted by Crippen LogP contribution is -2.47. The number of sulfone groups is 1. The molecule has 1 aromatic carbocycles. The number of nitrogens with zero attached hydrogens (tertiary/aromatic N) is 3. The highest BCUT2D eigenvalue weighted by molar-refractivity contribution is 7.99. The van der Waals surface area contributed by atoms with Gasteiger partial charge < -0.3 is 9.32 Å². The van der Waals surface area contributed by atoms with Crippen LogP contribution in [0, 0.1) is 6.92 Å². The Morgan fingerprint density at radius 3 is 2.82 bits per heavy atom. The summed E-state index contributed by atoms with van der Waals surface area (Å²) in [4.78, 5) is 14.6. The number of aryl methyl sites for hydroxylation is 1. The SMILES string of the molecule is CC[C@@H](C)N(C(=O)CSc1nnc(-c2cccc(C)c2)o1)[C@@H]1CCS(=O)(=O)C1. The molecule has 0 spiro atoms. The molecule has 0 aliphatic carbocycles. The average Bonchev–Trinajstić information content (AvgIpc) is 3.26. The van der Waals surface area contributed by atoms with Gasteiger partial charge in [-0.15, -0.1) is 10.2 Å². The lowest BCUT2D eigenvalue weighted by atomic mass is 10.1. The molecule has 3 rings (SSSR count). The van der Waals surface area contributed by atoms with Crippen LogP contribution in [0.4, 0.5) is 0 Å². The highest BCUT2D eigenvalue weighted by atomic mass is 32.2. The van der Waals surface area contributed by atoms with Crippen molar-refractivity contribution in [2.75, 3.05) is 17.3 Å². The molecule has 1 aromatic heterocycles. The van der Waals surface area contributed by atoms with E-state index >= 15 is 0 Å². The number of carbonyl (C=O) groups is 1. The molecule has 0 radical (unpaired) electrons. The topological polar surface area (TPSA) is 93.4 Å². The standard InChI is InChI=1S/C19H25N3O4S2/c1-4-14(3)22(16-8-9-28(24,25)12-16)17(23)11-27-19-21-20-18(26-19)15-7-5-6-13(2)10-15/h5-7,10,14,16H,4,8-9,11-12H2,1-3H3/t14-,16-/m1/s1. The average molecular weight is 424 g/mol. The van der Waals surface area contributed by atoms with E-state index in [4.69, 9.17) is 4.42 Å². The Morgan fingerprint density at radius 2 is 2.18 bits per heavy atom. The molecule has 0 unspecified atom stereocenters. The number of amides is 1. The summed E-state index contributed by atoms with van der Waals surface area (Å²) in [6.45, 7) is 5.94. The van der Waals surface area contributed by atoms with E-state index in [0.717, 1.165) is 17.5 Å². The first-order chi connectivity index (χ1) is 13.3. The van der Waals surface area contributed by atoms with Crippen LogP contribution < -0.4 is 0 Å². The van der Waals surface area contributed by atoms with Crippen LogP contribution in [0.25, 0.3) is 11.5 Å². The molecule has 0 saturated carbocycles. The van der Waals surface area contributed by atoms with Crippen LogP contribution in [0.3, 0.4) is 0 Å². The Morgan fingerprint density at radius 1 is 1.39 bits per heavy atom. The molecule has 0 N–H and O–H groups in total. The molecule has 9 heteroatoms. The van der Waals surface area contributed by atoms with Gasteiger partial charge in [-0.3, -0.25) is 4.79 Å². The highest BCUT2D eigenvalue weighted by Crippen LogP contribution is 2.26. The molecule has 0 bridgehead atoms. The minimum Gasteiger partial charge on any atom is -0.411 e. The second-order valence-electron chi connectivity index (χ2n) is 7.15. The van der Waals surface area contributed by atoms with E-state index in [1.807, 2.05) is 45.0 Å². The zero-order valence-electron chi connectivity index (χ0n) is 16.3. The van der Waals surface area contributed by atoms with E-state index in [9.17, 15) is 13.2 Å². The predicted molar refractivity (Wildman–Crippen MR) is 109 cm³/mol. The van der Waals surface area contributed by atoms with Crippen LogP contribution in [0.15, 0.2) is 33.9 Å². The second kappa shape index (κ2) is 8.65. The van der Waals surface area contributed by atoms with E-state index in [2.05, 4.69) is 10.2 Å². The van der Waals surface area contributed by atoms with Crippen LogP contribution in [0.5, 0.6) is 0 Å². The Kier molecular flexibility index (Phi) is 6.44. The van der Waals surface area contributed by atoms with E-state index < -0.39 is 9.84 Å². The van der Waals surface area contributed by atoms with E-state index in [0.29, 0.717) is 17.5 Å². The summed E-state index contributed by atoms with van der Waals surface area (Å²) < 4.78 is 29.4. The largest absolute Gasteiger partial charge is 0.411 e. The molecule has 28 heavy (non-hydrogen) atoms. The summed E-state index contributed by atoms with van der Waals surface area (Å²) in [6, 6.07) is 7.49. The van der Waals surface area contributed by atoms with Crippen molar-refractivity contribution in [1.29, 1.82) is 0 Å². The number of aromatic nitrogens is 2. The summed E-state index contributed by atoms with van der Waals surface area (Å²) in [5, 5.41) is 8.40. The first-order valence-corrected chi connectivity index (χ1v) is 12.1. The first-order valence-electron chi connectivity index (χ1n) is 9.34. The van der Waals surface area contributed by atoms with Gasteiger partial charge in [0.25, 0.3) is 5.22 Å². The van der Waals surface area contributed by atoms with Crippen molar-refractivity contribution in [3.63, 3.8) is 0 Å². The first kappa shape index (κ1) is 20.9. The number of thioether (sulfide) groups is 1. The maximum absolute atomic E-state index is 12.9. The Bertz CT molecular complexity index is 942. The third-order valence-corrected chi connectivity index (χ3v) is 7.50. The summed E-state index contributed by atoms with van der Waals surface area (Å²) in [6.07, 6.45) is 1.27. The van der Waals surface area contributed by atoms with Crippen molar-refractivity contribution in [3.8, 4) is 11.5 Å². The van der Waals surface area contributed by atoms with Crippen LogP contribution in [0.2, 0.25) is 0 Å². The molecule has 152 valence electrons. The number of hydrogen-bond donors (Lipinski definition) is 0. The molecule has 7 nitrogen and oxygen atoms in total. The third kappa shape index (κ3) is 4.94. The van der Waals surface area contributed by atoms with Gasteiger partial charge in [0.2, 0.25) is 11.8 Å². The van der Waals surface area contributed by atoms with Crippen molar-refractivity contribution in [2.24, 2.45) is 0 Å². The van der Waals surface area contributed by atoms with E-state index in [1.54, 1.807) is 4.90 Å². The van der Waals surface area contributed by atoms with Gasteiger partial charge in [-0.05, 0) is 38.8 Å². The quantitative estimate of drug-likeness (QED) is 0.632. The minimum absolute atomic E-state index is 0.0167. The second-order valence-corrected chi connectivity index (χ2v) is 10.3. The Labute approximate surface area is 169 Å². The van der Waals surface area contributed by atoms with Crippen LogP contribution in [-0.2, 0) is 14.6 Å². The fourth-order valence-corrected chi connectivity index (χ4v) is 5.71. The molecule has 2 atom stereocenters. The molecule has 1 aliphatic rings. The van der Waals surface area contributed by atoms with Gasteiger partial charge in [-0.1, -0.05) is 36.4 Å². The number of benzene rings is 1. The van der Waals surface area contributed by atoms with Gasteiger partial charge in [0.15, 0.2) is 9.84 Å². The van der Waals surface area contributed by atoms with Gasteiger partial charge in [0, 0.05) is 17.6 Å². The van der Waals surface area contributed by atoms with Crippen LogP contribution in [0.1, 0.15) is 32.3 Å². The van der Waals surface area contributed by atoms with Gasteiger partial charge in [0.05, 0.1) is 17.3 Å². The fourth-order valence-electron chi connectivity index (χ4n) is 3.36. The lowest BCUT2D eigenvalue weighted by Gasteiger charge is -2.33. The summed E-state index contributed by atoms with van der Waals surface area (Å²) in [5.41, 5.74) is 1.93. The molecule has 2 aromatic rings. The van der Waals surface area contributed by atoms with Crippen molar-refractivity contribution < 1.29 is 17.6 Å². The van der Waals surface area contributed by atoms with Crippen molar-refractivity contribution in [1.82, 2.24) is 15.1 Å². The zero-order chi connectivity index (χ0) is 20.3. The number of hydrogen-bond acceptors (Lipinski definition) is 7. The zero-order valence-corrected chi connectivity index (χ0v) is 17.9. The maximum Gasteiger partial charge on any atom is 0.277 e. The van der Waals surface area contributed by atoms with Crippen molar-refractivity contribution in [3.05, 3.63) is 29.8 Å². The molecular weight excluding hydrogens is 398 g/mol. The van der Waals surface area contributed by atoms with Gasteiger partial charge in [-0.25, -0.2) is 8.42 Å². The predicted octanol–water partition coefficient (Wildman–Crippen LogP) is 2.95. The summed E-state index contributed by atoms with van der Waals surface area (Å²) in [5.74, 6) is 0.646. The molecule has 1 saturated heterocycles. The monoisotopic (exact) mass is 423 g/mol. The fraction of sp³-hybridized carbons (Fsp3) is 0.526. The number of carbonyl (C=O) groups excluding carboxylic acids is 1. The molecule has 1 aliphatic heterocycles. The van der Waals surface area contributed by atoms with E-state index in [1.165, 1.54) is 11.8 Å². The maximum atomic E-state index is 12.9. The molecular formula is C19H25N3O4S2. The normalized spacial score (nSPS) is 19.5. The van der Waals surface area contributed by atoms with Crippen LogP contribution >= 0.6 is 11.8 Å². The Balaban J connectivity index is 1.66. The van der Waals surface area contributed by atoms with Gasteiger partial charge in [0.1, 0.15) is 0 Å². The minimum atomic E-state index is -3.06. The molecule has 1 amide bonds. The van der Waals surface area contributed by atoms with Crippen LogP contribution in [-0.4, -0.2) is 58.8 Å². The van der Waals surface area contributed by atoms with Gasteiger partial charge in [-0.2, -0.15) is 0 Å². The number of rotatable bonds is 7. The smallest absolute Gasteiger partial charge is 0.277 e. The van der Waals surface area contributed by atoms with E-state index in [-0.39, 0.29) is 35.2 Å². The summed E-state index contributed by atoms with van der Waals surface area (Å²) >= 11 is 1.18. The summed E-state index contributed by atoms with van der Waals surface area (Å²) in [7, 11) is -3.06. The van der Waals surface area contributed by atoms with Gasteiger partial charge >= 0.3 is 0 Å². The molecule has 1 fully saturated rings. The third-order valence-electron chi connectivity index (χ3n) is 4.95. The Hall–Kier alpha value is -1.87. The molecule has 2 heterocycles. The highest BCUT2D eigenvalue weighted by Gasteiger charge is 2.36.